The molecule has 1 aromatic carbocycles. The molecule has 0 unspecified atom stereocenters. The predicted molar refractivity (Wildman–Crippen MR) is 98.4 cm³/mol. The summed E-state index contributed by atoms with van der Waals surface area (Å²) in [4.78, 5) is 17.6. The monoisotopic (exact) mass is 325 g/mol. The van der Waals surface area contributed by atoms with E-state index >= 15 is 0 Å². The second-order valence-corrected chi connectivity index (χ2v) is 7.51. The minimum absolute atomic E-state index is 0.00950. The van der Waals surface area contributed by atoms with E-state index in [-0.39, 0.29) is 11.3 Å². The molecule has 1 fully saturated rings. The third-order valence-corrected chi connectivity index (χ3v) is 5.06. The van der Waals surface area contributed by atoms with Crippen LogP contribution in [-0.2, 0) is 0 Å². The molecule has 1 saturated heterocycles. The molecule has 0 atom stereocenters. The summed E-state index contributed by atoms with van der Waals surface area (Å²) >= 11 is 0. The highest BCUT2D eigenvalue weighted by atomic mass is 16.1. The molecule has 0 spiro atoms. The van der Waals surface area contributed by atoms with Crippen LogP contribution in [0.4, 0.5) is 0 Å². The maximum Gasteiger partial charge on any atom is 0.252 e. The number of nitrogens with zero attached hydrogens (tertiary/aromatic N) is 1. The van der Waals surface area contributed by atoms with Crippen molar-refractivity contribution in [3.63, 3.8) is 0 Å². The molecule has 3 rings (SSSR count). The van der Waals surface area contributed by atoms with Crippen LogP contribution in [0.5, 0.6) is 0 Å². The van der Waals surface area contributed by atoms with E-state index in [1.54, 1.807) is 0 Å². The average Bonchev–Trinajstić information content (AvgIpc) is 2.59. The van der Waals surface area contributed by atoms with Gasteiger partial charge in [0.15, 0.2) is 0 Å². The van der Waals surface area contributed by atoms with Gasteiger partial charge >= 0.3 is 0 Å². The Morgan fingerprint density at radius 2 is 2.00 bits per heavy atom. The number of piperidine rings is 1. The number of para-hydroxylation sites is 1. The largest absolute Gasteiger partial charge is 0.351 e. The van der Waals surface area contributed by atoms with Gasteiger partial charge in [0.05, 0.1) is 11.1 Å². The Balaban J connectivity index is 1.85. The lowest BCUT2D eigenvalue weighted by atomic mass is 9.81. The Kier molecular flexibility index (Phi) is 4.86. The summed E-state index contributed by atoms with van der Waals surface area (Å²) in [6.07, 6.45) is 2.20. The van der Waals surface area contributed by atoms with Crippen molar-refractivity contribution in [2.45, 2.75) is 39.5 Å². The lowest BCUT2D eigenvalue weighted by molar-refractivity contribution is 0.0923. The first-order valence-corrected chi connectivity index (χ1v) is 8.87. The van der Waals surface area contributed by atoms with Gasteiger partial charge in [-0.05, 0) is 49.4 Å². The lowest BCUT2D eigenvalue weighted by Gasteiger charge is -2.34. The molecular formula is C20H27N3O. The zero-order valence-electron chi connectivity index (χ0n) is 14.9. The normalized spacial score (nSPS) is 17.2. The number of benzene rings is 1. The first-order valence-electron chi connectivity index (χ1n) is 8.87. The highest BCUT2D eigenvalue weighted by Gasteiger charge is 2.27. The van der Waals surface area contributed by atoms with E-state index in [0.717, 1.165) is 54.6 Å². The summed E-state index contributed by atoms with van der Waals surface area (Å²) in [5.41, 5.74) is 2.78. The van der Waals surface area contributed by atoms with Crippen LogP contribution in [0.15, 0.2) is 30.3 Å². The topological polar surface area (TPSA) is 54.0 Å². The summed E-state index contributed by atoms with van der Waals surface area (Å²) < 4.78 is 0. The molecule has 0 saturated carbocycles. The molecule has 4 heteroatoms. The van der Waals surface area contributed by atoms with Crippen LogP contribution in [0.3, 0.4) is 0 Å². The maximum absolute atomic E-state index is 12.9. The number of hydrogen-bond acceptors (Lipinski definition) is 3. The van der Waals surface area contributed by atoms with Gasteiger partial charge in [-0.25, -0.2) is 0 Å². The number of amides is 1. The molecule has 2 heterocycles. The van der Waals surface area contributed by atoms with Crippen molar-refractivity contribution < 1.29 is 4.79 Å². The molecule has 1 aliphatic rings. The Labute approximate surface area is 144 Å². The van der Waals surface area contributed by atoms with Crippen LogP contribution in [0.2, 0.25) is 0 Å². The van der Waals surface area contributed by atoms with Gasteiger partial charge < -0.3 is 10.6 Å². The van der Waals surface area contributed by atoms with Gasteiger partial charge in [-0.2, -0.15) is 0 Å². The molecule has 2 aromatic rings. The van der Waals surface area contributed by atoms with E-state index in [0.29, 0.717) is 5.92 Å². The number of fused-ring (bicyclic) bond motifs is 1. The quantitative estimate of drug-likeness (QED) is 0.905. The van der Waals surface area contributed by atoms with Gasteiger partial charge in [0, 0.05) is 17.6 Å². The number of nitrogens with one attached hydrogen (secondary N) is 2. The van der Waals surface area contributed by atoms with Gasteiger partial charge in [0.2, 0.25) is 0 Å². The molecular weight excluding hydrogens is 298 g/mol. The van der Waals surface area contributed by atoms with E-state index in [1.807, 2.05) is 30.3 Å². The second kappa shape index (κ2) is 6.89. The number of rotatable bonds is 4. The SMILES string of the molecule is CC(C)c1cc(C(=O)NCC2(C)CCNCC2)c2ccccc2n1. The van der Waals surface area contributed by atoms with E-state index in [9.17, 15) is 4.79 Å². The summed E-state index contributed by atoms with van der Waals surface area (Å²) in [6, 6.07) is 9.84. The molecule has 2 N–H and O–H groups in total. The number of pyridine rings is 1. The van der Waals surface area contributed by atoms with Crippen LogP contribution in [0.25, 0.3) is 10.9 Å². The minimum atomic E-state index is 0.00950. The molecule has 1 aromatic heterocycles. The summed E-state index contributed by atoms with van der Waals surface area (Å²) in [5, 5.41) is 7.48. The van der Waals surface area contributed by atoms with Gasteiger partial charge in [-0.15, -0.1) is 0 Å². The summed E-state index contributed by atoms with van der Waals surface area (Å²) in [5.74, 6) is 0.304. The first-order chi connectivity index (χ1) is 11.5. The van der Waals surface area contributed by atoms with Gasteiger partial charge in [-0.1, -0.05) is 39.0 Å². The zero-order chi connectivity index (χ0) is 17.2. The van der Waals surface area contributed by atoms with Crippen LogP contribution in [-0.4, -0.2) is 30.5 Å². The molecule has 4 nitrogen and oxygen atoms in total. The van der Waals surface area contributed by atoms with Crippen molar-refractivity contribution in [1.82, 2.24) is 15.6 Å². The van der Waals surface area contributed by atoms with Crippen LogP contribution >= 0.6 is 0 Å². The highest BCUT2D eigenvalue weighted by molar-refractivity contribution is 6.06. The van der Waals surface area contributed by atoms with Crippen LogP contribution in [0.1, 0.15) is 55.6 Å². The van der Waals surface area contributed by atoms with E-state index in [2.05, 4.69) is 31.4 Å². The van der Waals surface area contributed by atoms with Gasteiger partial charge in [0.25, 0.3) is 5.91 Å². The Morgan fingerprint density at radius 3 is 2.71 bits per heavy atom. The van der Waals surface area contributed by atoms with Crippen molar-refractivity contribution >= 4 is 16.8 Å². The first kappa shape index (κ1) is 16.9. The number of hydrogen-bond donors (Lipinski definition) is 2. The molecule has 0 radical (unpaired) electrons. The predicted octanol–water partition coefficient (Wildman–Crippen LogP) is 3.48. The van der Waals surface area contributed by atoms with E-state index in [1.165, 1.54) is 0 Å². The van der Waals surface area contributed by atoms with Gasteiger partial charge in [0.1, 0.15) is 0 Å². The highest BCUT2D eigenvalue weighted by Crippen LogP contribution is 2.27. The maximum atomic E-state index is 12.9. The Morgan fingerprint density at radius 1 is 1.29 bits per heavy atom. The van der Waals surface area contributed by atoms with E-state index < -0.39 is 0 Å². The molecule has 24 heavy (non-hydrogen) atoms. The van der Waals surface area contributed by atoms with Crippen molar-refractivity contribution in [2.24, 2.45) is 5.41 Å². The number of aromatic nitrogens is 1. The number of carbonyl (C=O) groups is 1. The average molecular weight is 325 g/mol. The molecule has 0 bridgehead atoms. The Hall–Kier alpha value is -1.94. The van der Waals surface area contributed by atoms with Crippen molar-refractivity contribution in [1.29, 1.82) is 0 Å². The third kappa shape index (κ3) is 3.59. The van der Waals surface area contributed by atoms with Crippen LogP contribution in [0, 0.1) is 5.41 Å². The fourth-order valence-corrected chi connectivity index (χ4v) is 3.28. The fraction of sp³-hybridized carbons (Fsp3) is 0.500. The molecule has 128 valence electrons. The van der Waals surface area contributed by atoms with E-state index in [4.69, 9.17) is 4.98 Å². The summed E-state index contributed by atoms with van der Waals surface area (Å²) in [6.45, 7) is 9.26. The zero-order valence-corrected chi connectivity index (χ0v) is 14.9. The standard InChI is InChI=1S/C20H27N3O/c1-14(2)18-12-16(15-6-4-5-7-17(15)23-18)19(24)22-13-20(3)8-10-21-11-9-20/h4-7,12,14,21H,8-11,13H2,1-3H3,(H,22,24). The summed E-state index contributed by atoms with van der Waals surface area (Å²) in [7, 11) is 0. The molecule has 0 aliphatic carbocycles. The lowest BCUT2D eigenvalue weighted by Crippen LogP contribution is -2.43. The minimum Gasteiger partial charge on any atom is -0.351 e. The van der Waals surface area contributed by atoms with Crippen molar-refractivity contribution in [3.05, 3.63) is 41.6 Å². The second-order valence-electron chi connectivity index (χ2n) is 7.51. The van der Waals surface area contributed by atoms with Crippen molar-refractivity contribution in [3.8, 4) is 0 Å². The third-order valence-electron chi connectivity index (χ3n) is 5.06. The molecule has 1 amide bonds. The molecule has 1 aliphatic heterocycles. The van der Waals surface area contributed by atoms with Crippen LogP contribution < -0.4 is 10.6 Å². The van der Waals surface area contributed by atoms with Gasteiger partial charge in [-0.3, -0.25) is 9.78 Å². The fourth-order valence-electron chi connectivity index (χ4n) is 3.28. The smallest absolute Gasteiger partial charge is 0.252 e. The Bertz CT molecular complexity index is 733. The number of carbonyl (C=O) groups excluding carboxylic acids is 1. The van der Waals surface area contributed by atoms with Crippen molar-refractivity contribution in [2.75, 3.05) is 19.6 Å².